The van der Waals surface area contributed by atoms with Crippen LogP contribution in [0.25, 0.3) is 22.3 Å². The Morgan fingerprint density at radius 3 is 2.12 bits per heavy atom. The van der Waals surface area contributed by atoms with Crippen LogP contribution >= 0.6 is 16.2 Å². The van der Waals surface area contributed by atoms with E-state index in [0.29, 0.717) is 5.56 Å². The van der Waals surface area contributed by atoms with E-state index in [1.807, 2.05) is 73.8 Å². The number of nitrogens with one attached hydrogen (secondary N) is 2. The van der Waals surface area contributed by atoms with Crippen molar-refractivity contribution >= 4 is 66.9 Å². The third-order valence-electron chi connectivity index (χ3n) is 13.3. The summed E-state index contributed by atoms with van der Waals surface area (Å²) in [7, 11) is -13.2. The molecule has 69 heavy (non-hydrogen) atoms. The number of rotatable bonds is 18. The average molecular weight is 1030 g/mol. The van der Waals surface area contributed by atoms with E-state index in [0.717, 1.165) is 0 Å². The van der Waals surface area contributed by atoms with Crippen LogP contribution < -0.4 is 10.9 Å². The molecule has 23 nitrogen and oxygen atoms in total. The summed E-state index contributed by atoms with van der Waals surface area (Å²) < 4.78 is 60.7. The lowest BCUT2D eigenvalue weighted by atomic mass is 10.1. The highest BCUT2D eigenvalue weighted by atomic mass is 31.2. The third-order valence-corrected chi connectivity index (χ3v) is 25.0. The second-order valence-corrected chi connectivity index (χ2v) is 32.3. The Bertz CT molecular complexity index is 2750. The van der Waals surface area contributed by atoms with Crippen LogP contribution in [-0.2, 0) is 36.5 Å². The molecule has 6 unspecified atom stereocenters. The van der Waals surface area contributed by atoms with Gasteiger partial charge in [0.15, 0.2) is 57.2 Å². The second-order valence-electron chi connectivity index (χ2n) is 19.9. The molecule has 2 aliphatic heterocycles. The summed E-state index contributed by atoms with van der Waals surface area (Å²) in [5, 5.41) is 23.9. The molecule has 5 N–H and O–H groups in total. The first kappa shape index (κ1) is 52.5. The molecule has 0 bridgehead atoms. The number of aliphatic hydroxyl groups excluding tert-OH is 1. The normalized spacial score (nSPS) is 24.7. The van der Waals surface area contributed by atoms with Gasteiger partial charge in [0.25, 0.3) is 11.5 Å². The molecule has 0 spiro atoms. The molecule has 372 valence electrons. The number of amides is 1. The Labute approximate surface area is 401 Å². The van der Waals surface area contributed by atoms with Gasteiger partial charge in [0.05, 0.1) is 31.5 Å². The lowest BCUT2D eigenvalue weighted by Crippen LogP contribution is -2.51. The first-order chi connectivity index (χ1) is 32.4. The minimum atomic E-state index is -4.50. The summed E-state index contributed by atoms with van der Waals surface area (Å²) >= 11 is 0. The summed E-state index contributed by atoms with van der Waals surface area (Å²) in [6.45, 7) is 18.9. The topological polar surface area (TPSA) is 302 Å². The number of anilines is 1. The van der Waals surface area contributed by atoms with Gasteiger partial charge in [0.2, 0.25) is 5.66 Å². The number of nitrogens with zero attached hydrogens (tertiary/aromatic N) is 8. The van der Waals surface area contributed by atoms with E-state index in [1.54, 1.807) is 30.3 Å². The van der Waals surface area contributed by atoms with Crippen molar-refractivity contribution in [1.82, 2.24) is 39.0 Å². The Morgan fingerprint density at radius 1 is 0.884 bits per heavy atom. The van der Waals surface area contributed by atoms with Gasteiger partial charge in [-0.05, 0) is 48.4 Å². The molecular weight excluding hydrogens is 971 g/mol. The number of hydrogen-bond donors (Lipinski definition) is 5. The summed E-state index contributed by atoms with van der Waals surface area (Å²) in [6, 6.07) is 10.6. The van der Waals surface area contributed by atoms with Crippen molar-refractivity contribution < 1.29 is 56.1 Å². The van der Waals surface area contributed by atoms with E-state index < -0.39 is 111 Å². The lowest BCUT2D eigenvalue weighted by molar-refractivity contribution is -0.0515. The fraction of sp³-hybridized carbons (Fsp3) is 0.571. The molecule has 5 aromatic rings. The van der Waals surface area contributed by atoms with Crippen LogP contribution in [-0.4, -0.2) is 132 Å². The lowest BCUT2D eigenvalue weighted by Gasteiger charge is -2.41. The number of aliphatic hydroxyl groups is 1. The van der Waals surface area contributed by atoms with E-state index >= 15 is 0 Å². The van der Waals surface area contributed by atoms with Gasteiger partial charge in [0.1, 0.15) is 56.7 Å². The van der Waals surface area contributed by atoms with E-state index in [4.69, 9.17) is 31.9 Å². The molecule has 27 heteroatoms. The van der Waals surface area contributed by atoms with E-state index in [1.165, 1.54) is 34.4 Å². The number of hydrogen-bond acceptors (Lipinski definition) is 18. The van der Waals surface area contributed by atoms with Gasteiger partial charge < -0.3 is 33.7 Å². The van der Waals surface area contributed by atoms with E-state index in [9.17, 15) is 34.3 Å². The predicted octanol–water partition coefficient (Wildman–Crippen LogP) is 5.88. The van der Waals surface area contributed by atoms with Gasteiger partial charge in [-0.1, -0.05) is 59.7 Å². The van der Waals surface area contributed by atoms with Crippen molar-refractivity contribution in [3.63, 3.8) is 0 Å². The van der Waals surface area contributed by atoms with Gasteiger partial charge in [-0.3, -0.25) is 18.7 Å². The van der Waals surface area contributed by atoms with Crippen molar-refractivity contribution in [2.75, 3.05) is 25.1 Å². The monoisotopic (exact) mass is 1030 g/mol. The highest BCUT2D eigenvalue weighted by Gasteiger charge is 2.68. The molecule has 10 atom stereocenters. The van der Waals surface area contributed by atoms with Crippen LogP contribution in [0.1, 0.15) is 70.8 Å². The Balaban J connectivity index is 1.34. The Hall–Kier alpha value is -4.36. The number of ether oxygens (including phenoxy) is 2. The van der Waals surface area contributed by atoms with E-state index in [-0.39, 0.29) is 46.2 Å². The summed E-state index contributed by atoms with van der Waals surface area (Å²) in [5.41, 5.74) is -0.979. The molecule has 1 aromatic carbocycles. The number of aromatic amines is 1. The largest absolute Gasteiger partial charge is 0.694 e. The van der Waals surface area contributed by atoms with Crippen molar-refractivity contribution in [3.8, 4) is 6.07 Å². The van der Waals surface area contributed by atoms with E-state index in [2.05, 4.69) is 35.2 Å². The van der Waals surface area contributed by atoms with Crippen LogP contribution in [0.4, 0.5) is 5.82 Å². The molecule has 0 aliphatic carbocycles. The molecule has 0 saturated carbocycles. The van der Waals surface area contributed by atoms with Crippen molar-refractivity contribution in [2.24, 2.45) is 0 Å². The first-order valence-corrected chi connectivity index (χ1v) is 30.8. The van der Waals surface area contributed by atoms with Gasteiger partial charge in [-0.2, -0.15) is 19.2 Å². The number of H-pyrrole nitrogens is 1. The zero-order valence-electron chi connectivity index (χ0n) is 40.0. The third kappa shape index (κ3) is 10.9. The Morgan fingerprint density at radius 2 is 1.48 bits per heavy atom. The zero-order chi connectivity index (χ0) is 50.3. The van der Waals surface area contributed by atoms with Gasteiger partial charge >= 0.3 is 16.2 Å². The summed E-state index contributed by atoms with van der Waals surface area (Å²) in [6.07, 6.45) is -3.40. The molecule has 2 fully saturated rings. The molecule has 0 radical (unpaired) electrons. The van der Waals surface area contributed by atoms with Crippen LogP contribution in [0.2, 0.25) is 36.3 Å². The van der Waals surface area contributed by atoms with Crippen molar-refractivity contribution in [1.29, 1.82) is 5.26 Å². The molecule has 4 aromatic heterocycles. The molecular formula is C42H60N10O13P2Si2+2. The number of nitriles is 1. The number of carbonyl (C=O) groups excluding carboxylic acids is 1. The summed E-state index contributed by atoms with van der Waals surface area (Å²) in [5.74, 6) is -0.383. The van der Waals surface area contributed by atoms with Crippen molar-refractivity contribution in [3.05, 3.63) is 71.6 Å². The smallest absolute Gasteiger partial charge is 0.408 e. The number of fused-ring (bicyclic) bond motifs is 2. The summed E-state index contributed by atoms with van der Waals surface area (Å²) in [4.78, 5) is 73.7. The van der Waals surface area contributed by atoms with Crippen molar-refractivity contribution in [2.45, 2.75) is 133 Å². The highest BCUT2D eigenvalue weighted by molar-refractivity contribution is 7.61. The van der Waals surface area contributed by atoms with Crippen LogP contribution in [0.5, 0.6) is 0 Å². The predicted molar refractivity (Wildman–Crippen MR) is 257 cm³/mol. The van der Waals surface area contributed by atoms with Gasteiger partial charge in [-0.25, -0.2) is 24.9 Å². The molecule has 1 amide bonds. The van der Waals surface area contributed by atoms with Crippen LogP contribution in [0, 0.1) is 11.3 Å². The van der Waals surface area contributed by atoms with Gasteiger partial charge in [-0.15, -0.1) is 9.42 Å². The number of benzene rings is 1. The molecule has 6 heterocycles. The minimum Gasteiger partial charge on any atom is -0.408 e. The first-order valence-electron chi connectivity index (χ1n) is 22.2. The quantitative estimate of drug-likeness (QED) is 0.0388. The molecule has 7 rings (SSSR count). The fourth-order valence-corrected chi connectivity index (χ4v) is 12.9. The van der Waals surface area contributed by atoms with Crippen LogP contribution in [0.3, 0.4) is 0 Å². The SMILES string of the molecule is CC(C)(C)[Si](C)(C)O[C@@H]1C(CO[P+](O)(OCCC#N)[C@H]2C(n3cnc4c(NC(=O)c5ccccc5)ncnc43)OC(CO[P+](=O)O)[C@H]2O[Si](C)(C)C(C)(C)C)OC(n2cnc3c(=O)[nH]cnc32)[C@@H]1O. The van der Waals surface area contributed by atoms with Crippen LogP contribution in [0.15, 0.2) is 60.4 Å². The number of carbonyl (C=O) groups is 1. The number of imidazole rings is 2. The maximum atomic E-state index is 13.4. The molecule has 2 aliphatic rings. The number of aromatic nitrogens is 8. The maximum absolute atomic E-state index is 13.4. The maximum Gasteiger partial charge on any atom is 0.694 e. The highest BCUT2D eigenvalue weighted by Crippen LogP contribution is 2.69. The fourth-order valence-electron chi connectivity index (χ4n) is 7.54. The average Bonchev–Trinajstić information content (AvgIpc) is 4.06. The molecule has 2 saturated heterocycles. The minimum absolute atomic E-state index is 0.0216. The zero-order valence-corrected chi connectivity index (χ0v) is 43.8. The standard InChI is InChI=1S/C42H58N10O13P2Si2/c1-41(2,3)68(7,8)64-31-27(62-39(30(31)53)51-24-49-29-36(51)46-22-47-38(29)55)20-61-67(58,60-18-14-17-43)33-32(65-69(9,10)42(4,5)6)26(19-59-66(56)57)63-40(33)52-23-48-28-34(44-21-45-35(28)52)50-37(54)25-15-12-11-13-16-25/h11-13,15-16,21-24,26-27,30-33,39-40,53,58H,14,18-20H2,1-10H3,(H-2,44,45,46,47,50,54,55,56,57)/p+2/t26?,27?,30-,31-,32-,33-,39?,40?,67?/m1/s1. The Kier molecular flexibility index (Phi) is 15.5. The van der Waals surface area contributed by atoms with Gasteiger partial charge in [0, 0.05) is 10.1 Å². The second kappa shape index (κ2) is 20.4.